The molecule has 0 saturated carbocycles. The fourth-order valence-electron chi connectivity index (χ4n) is 1.93. The van der Waals surface area contributed by atoms with Crippen molar-refractivity contribution in [1.82, 2.24) is 4.98 Å². The molecule has 1 aromatic carbocycles. The van der Waals surface area contributed by atoms with Gasteiger partial charge in [0.15, 0.2) is 0 Å². The van der Waals surface area contributed by atoms with Crippen molar-refractivity contribution in [2.45, 2.75) is 19.3 Å². The first-order valence-electron chi connectivity index (χ1n) is 6.43. The summed E-state index contributed by atoms with van der Waals surface area (Å²) in [5.74, 6) is 0.285. The fraction of sp³-hybridized carbons (Fsp3) is 0.267. The summed E-state index contributed by atoms with van der Waals surface area (Å²) in [6, 6.07) is 11.5. The molecule has 0 aliphatic carbocycles. The van der Waals surface area contributed by atoms with E-state index in [1.807, 2.05) is 24.3 Å². The van der Waals surface area contributed by atoms with Gasteiger partial charge in [-0.2, -0.15) is 13.2 Å². The van der Waals surface area contributed by atoms with Crippen LogP contribution in [0.25, 0.3) is 0 Å². The lowest BCUT2D eigenvalue weighted by molar-refractivity contribution is -0.141. The summed E-state index contributed by atoms with van der Waals surface area (Å²) < 4.78 is 37.9. The third-order valence-electron chi connectivity index (χ3n) is 3.09. The highest BCUT2D eigenvalue weighted by Crippen LogP contribution is 2.28. The standard InChI is InChI=1S/C15H16F3N3/c1-21(10-12-7-5-11(9-19)6-8-12)14-4-2-3-13(20-14)15(16,17)18/h2-8H,9-10,19H2,1H3. The third kappa shape index (κ3) is 3.95. The smallest absolute Gasteiger partial charge is 0.355 e. The van der Waals surface area contributed by atoms with Crippen molar-refractivity contribution < 1.29 is 13.2 Å². The van der Waals surface area contributed by atoms with Gasteiger partial charge in [0.1, 0.15) is 11.5 Å². The molecule has 0 aliphatic rings. The Morgan fingerprint density at radius 3 is 2.24 bits per heavy atom. The van der Waals surface area contributed by atoms with Gasteiger partial charge in [-0.1, -0.05) is 30.3 Å². The monoisotopic (exact) mass is 295 g/mol. The van der Waals surface area contributed by atoms with Gasteiger partial charge in [-0.05, 0) is 23.3 Å². The number of rotatable bonds is 4. The predicted molar refractivity (Wildman–Crippen MR) is 75.7 cm³/mol. The molecule has 2 N–H and O–H groups in total. The molecule has 3 nitrogen and oxygen atoms in total. The average molecular weight is 295 g/mol. The molecule has 0 fully saturated rings. The van der Waals surface area contributed by atoms with E-state index in [0.717, 1.165) is 17.2 Å². The number of alkyl halides is 3. The molecule has 1 heterocycles. The second kappa shape index (κ2) is 6.13. The summed E-state index contributed by atoms with van der Waals surface area (Å²) in [4.78, 5) is 5.33. The van der Waals surface area contributed by atoms with Crippen molar-refractivity contribution in [3.8, 4) is 0 Å². The predicted octanol–water partition coefficient (Wildman–Crippen LogP) is 3.20. The summed E-state index contributed by atoms with van der Waals surface area (Å²) in [6.07, 6.45) is -4.43. The number of hydrogen-bond donors (Lipinski definition) is 1. The van der Waals surface area contributed by atoms with E-state index in [-0.39, 0.29) is 5.82 Å². The Morgan fingerprint density at radius 1 is 1.05 bits per heavy atom. The summed E-state index contributed by atoms with van der Waals surface area (Å²) >= 11 is 0. The third-order valence-corrected chi connectivity index (χ3v) is 3.09. The van der Waals surface area contributed by atoms with Gasteiger partial charge in [0.25, 0.3) is 0 Å². The van der Waals surface area contributed by atoms with Crippen molar-refractivity contribution in [1.29, 1.82) is 0 Å². The lowest BCUT2D eigenvalue weighted by Gasteiger charge is -2.19. The van der Waals surface area contributed by atoms with Crippen LogP contribution < -0.4 is 10.6 Å². The van der Waals surface area contributed by atoms with Gasteiger partial charge in [0.05, 0.1) is 0 Å². The Morgan fingerprint density at radius 2 is 1.67 bits per heavy atom. The van der Waals surface area contributed by atoms with Crippen molar-refractivity contribution in [3.05, 3.63) is 59.3 Å². The van der Waals surface area contributed by atoms with E-state index in [0.29, 0.717) is 13.1 Å². The van der Waals surface area contributed by atoms with Crippen LogP contribution >= 0.6 is 0 Å². The van der Waals surface area contributed by atoms with Crippen LogP contribution in [0.5, 0.6) is 0 Å². The van der Waals surface area contributed by atoms with Crippen LogP contribution in [0.3, 0.4) is 0 Å². The maximum atomic E-state index is 12.6. The number of halogens is 3. The minimum Gasteiger partial charge on any atom is -0.355 e. The molecule has 0 spiro atoms. The van der Waals surface area contributed by atoms with Gasteiger partial charge < -0.3 is 10.6 Å². The van der Waals surface area contributed by atoms with Crippen LogP contribution in [-0.4, -0.2) is 12.0 Å². The van der Waals surface area contributed by atoms with Crippen LogP contribution in [0.4, 0.5) is 19.0 Å². The van der Waals surface area contributed by atoms with Crippen LogP contribution in [0.15, 0.2) is 42.5 Å². The van der Waals surface area contributed by atoms with Crippen LogP contribution in [-0.2, 0) is 19.3 Å². The SMILES string of the molecule is CN(Cc1ccc(CN)cc1)c1cccc(C(F)(F)F)n1. The zero-order valence-corrected chi connectivity index (χ0v) is 11.6. The normalized spacial score (nSPS) is 11.5. The van der Waals surface area contributed by atoms with Crippen molar-refractivity contribution in [2.24, 2.45) is 5.73 Å². The van der Waals surface area contributed by atoms with Gasteiger partial charge in [0, 0.05) is 20.1 Å². The molecule has 2 rings (SSSR count). The molecule has 112 valence electrons. The molecule has 0 saturated heterocycles. The largest absolute Gasteiger partial charge is 0.433 e. The number of benzene rings is 1. The molecule has 1 aromatic heterocycles. The number of nitrogens with two attached hydrogens (primary N) is 1. The molecular weight excluding hydrogens is 279 g/mol. The molecular formula is C15H16F3N3. The highest BCUT2D eigenvalue weighted by molar-refractivity contribution is 5.40. The minimum absolute atomic E-state index is 0.285. The first-order valence-corrected chi connectivity index (χ1v) is 6.43. The van der Waals surface area contributed by atoms with E-state index in [9.17, 15) is 13.2 Å². The Bertz CT molecular complexity index is 594. The molecule has 0 amide bonds. The molecule has 2 aromatic rings. The van der Waals surface area contributed by atoms with Crippen molar-refractivity contribution in [2.75, 3.05) is 11.9 Å². The van der Waals surface area contributed by atoms with Gasteiger partial charge in [-0.3, -0.25) is 0 Å². The zero-order chi connectivity index (χ0) is 15.5. The maximum absolute atomic E-state index is 12.6. The number of anilines is 1. The highest BCUT2D eigenvalue weighted by Gasteiger charge is 2.32. The van der Waals surface area contributed by atoms with E-state index in [2.05, 4.69) is 4.98 Å². The Hall–Kier alpha value is -2.08. The Balaban J connectivity index is 2.14. The maximum Gasteiger partial charge on any atom is 0.433 e. The molecule has 0 radical (unpaired) electrons. The first kappa shape index (κ1) is 15.3. The number of pyridine rings is 1. The van der Waals surface area contributed by atoms with Gasteiger partial charge >= 0.3 is 6.18 Å². The number of nitrogens with zero attached hydrogens (tertiary/aromatic N) is 2. The summed E-state index contributed by atoms with van der Waals surface area (Å²) in [5, 5.41) is 0. The van der Waals surface area contributed by atoms with E-state index in [4.69, 9.17) is 5.73 Å². The van der Waals surface area contributed by atoms with Gasteiger partial charge in [0.2, 0.25) is 0 Å². The molecule has 0 atom stereocenters. The second-order valence-corrected chi connectivity index (χ2v) is 4.76. The van der Waals surface area contributed by atoms with Crippen LogP contribution in [0.1, 0.15) is 16.8 Å². The summed E-state index contributed by atoms with van der Waals surface area (Å²) in [5.41, 5.74) is 6.63. The molecule has 21 heavy (non-hydrogen) atoms. The second-order valence-electron chi connectivity index (χ2n) is 4.76. The highest BCUT2D eigenvalue weighted by atomic mass is 19.4. The van der Waals surface area contributed by atoms with Crippen molar-refractivity contribution in [3.63, 3.8) is 0 Å². The Kier molecular flexibility index (Phi) is 4.47. The lowest BCUT2D eigenvalue weighted by atomic mass is 10.1. The quantitative estimate of drug-likeness (QED) is 0.942. The zero-order valence-electron chi connectivity index (χ0n) is 11.6. The number of hydrogen-bond acceptors (Lipinski definition) is 3. The van der Waals surface area contributed by atoms with Crippen LogP contribution in [0.2, 0.25) is 0 Å². The minimum atomic E-state index is -4.43. The number of aromatic nitrogens is 1. The molecule has 0 unspecified atom stereocenters. The average Bonchev–Trinajstić information content (AvgIpc) is 2.47. The summed E-state index contributed by atoms with van der Waals surface area (Å²) in [7, 11) is 1.71. The van der Waals surface area contributed by atoms with E-state index in [1.54, 1.807) is 18.0 Å². The fourth-order valence-corrected chi connectivity index (χ4v) is 1.93. The Labute approximate surface area is 121 Å². The molecule has 6 heteroatoms. The lowest BCUT2D eigenvalue weighted by Crippen LogP contribution is -2.19. The van der Waals surface area contributed by atoms with Gasteiger partial charge in [-0.15, -0.1) is 0 Å². The molecule has 0 aliphatic heterocycles. The van der Waals surface area contributed by atoms with E-state index >= 15 is 0 Å². The topological polar surface area (TPSA) is 42.1 Å². The van der Waals surface area contributed by atoms with Gasteiger partial charge in [-0.25, -0.2) is 4.98 Å². The summed E-state index contributed by atoms with van der Waals surface area (Å²) in [6.45, 7) is 0.935. The first-order chi connectivity index (χ1) is 9.90. The van der Waals surface area contributed by atoms with Crippen LogP contribution in [0, 0.1) is 0 Å². The van der Waals surface area contributed by atoms with E-state index in [1.165, 1.54) is 6.07 Å². The molecule has 0 bridgehead atoms. The van der Waals surface area contributed by atoms with E-state index < -0.39 is 11.9 Å². The van der Waals surface area contributed by atoms with Crippen molar-refractivity contribution >= 4 is 5.82 Å².